The summed E-state index contributed by atoms with van der Waals surface area (Å²) in [6.45, 7) is 3.51. The molecule has 0 saturated heterocycles. The summed E-state index contributed by atoms with van der Waals surface area (Å²) in [5.74, 6) is -0.158. The van der Waals surface area contributed by atoms with Gasteiger partial charge in [-0.1, -0.05) is 30.3 Å². The molecule has 0 spiro atoms. The van der Waals surface area contributed by atoms with Crippen molar-refractivity contribution in [2.24, 2.45) is 11.1 Å². The second kappa shape index (κ2) is 5.13. The molecule has 106 valence electrons. The lowest BCUT2D eigenvalue weighted by Crippen LogP contribution is -2.37. The van der Waals surface area contributed by atoms with Gasteiger partial charge in [0.1, 0.15) is 5.75 Å². The molecule has 2 aromatic rings. The first kappa shape index (κ1) is 14.3. The highest BCUT2D eigenvalue weighted by molar-refractivity contribution is 5.92. The van der Waals surface area contributed by atoms with Crippen LogP contribution in [0, 0.1) is 5.41 Å². The zero-order valence-corrected chi connectivity index (χ0v) is 11.9. The molecule has 0 aliphatic heterocycles. The molecular weight excluding hydrogens is 254 g/mol. The lowest BCUT2D eigenvalue weighted by atomic mass is 9.79. The first-order valence-electron chi connectivity index (χ1n) is 6.44. The molecule has 20 heavy (non-hydrogen) atoms. The number of nitrogens with two attached hydrogens (primary N) is 1. The predicted octanol–water partition coefficient (Wildman–Crippen LogP) is 2.74. The summed E-state index contributed by atoms with van der Waals surface area (Å²) < 4.78 is 4.83. The number of methoxy groups -OCH3 is 1. The first-order valence-corrected chi connectivity index (χ1v) is 6.44. The van der Waals surface area contributed by atoms with E-state index >= 15 is 0 Å². The number of phenolic OH excluding ortho intramolecular Hbond substituents is 1. The molecule has 0 fully saturated rings. The van der Waals surface area contributed by atoms with Crippen LogP contribution in [0.25, 0.3) is 10.8 Å². The van der Waals surface area contributed by atoms with Crippen LogP contribution in [0.5, 0.6) is 5.75 Å². The molecule has 0 bridgehead atoms. The van der Waals surface area contributed by atoms with Gasteiger partial charge in [0.2, 0.25) is 0 Å². The Kier molecular flexibility index (Phi) is 3.68. The zero-order chi connectivity index (χ0) is 14.9. The third-order valence-electron chi connectivity index (χ3n) is 3.76. The average Bonchev–Trinajstić information content (AvgIpc) is 2.46. The van der Waals surface area contributed by atoms with Crippen molar-refractivity contribution in [3.8, 4) is 5.75 Å². The van der Waals surface area contributed by atoms with Crippen LogP contribution in [0.2, 0.25) is 0 Å². The Bertz CT molecular complexity index is 649. The third kappa shape index (κ3) is 2.23. The van der Waals surface area contributed by atoms with Gasteiger partial charge < -0.3 is 15.6 Å². The Labute approximate surface area is 118 Å². The van der Waals surface area contributed by atoms with E-state index in [0.717, 1.165) is 16.3 Å². The van der Waals surface area contributed by atoms with Gasteiger partial charge in [0.15, 0.2) is 0 Å². The molecule has 4 nitrogen and oxygen atoms in total. The van der Waals surface area contributed by atoms with Crippen LogP contribution in [0.15, 0.2) is 36.4 Å². The van der Waals surface area contributed by atoms with Crippen molar-refractivity contribution >= 4 is 16.7 Å². The fourth-order valence-electron chi connectivity index (χ4n) is 2.36. The second-order valence-corrected chi connectivity index (χ2v) is 5.41. The van der Waals surface area contributed by atoms with Crippen LogP contribution >= 0.6 is 0 Å². The Morgan fingerprint density at radius 1 is 1.20 bits per heavy atom. The summed E-state index contributed by atoms with van der Waals surface area (Å²) >= 11 is 0. The summed E-state index contributed by atoms with van der Waals surface area (Å²) in [5.41, 5.74) is 6.24. The minimum atomic E-state index is -0.853. The maximum Gasteiger partial charge on any atom is 0.313 e. The fraction of sp³-hybridized carbons (Fsp3) is 0.312. The van der Waals surface area contributed by atoms with E-state index in [2.05, 4.69) is 0 Å². The second-order valence-electron chi connectivity index (χ2n) is 5.41. The Morgan fingerprint density at radius 3 is 2.40 bits per heavy atom. The van der Waals surface area contributed by atoms with E-state index < -0.39 is 11.5 Å². The number of aromatic hydroxyl groups is 1. The lowest BCUT2D eigenvalue weighted by Gasteiger charge is -2.29. The highest BCUT2D eigenvalue weighted by Gasteiger charge is 2.37. The van der Waals surface area contributed by atoms with E-state index in [1.807, 2.05) is 24.3 Å². The molecule has 0 unspecified atom stereocenters. The van der Waals surface area contributed by atoms with Crippen molar-refractivity contribution in [1.29, 1.82) is 0 Å². The molecule has 3 N–H and O–H groups in total. The standard InChI is InChI=1S/C16H19NO3/c1-16(2,15(19)20-3)14(17)12-8-9-13(18)11-7-5-4-6-10(11)12/h4-9,14,18H,17H2,1-3H3/t14-/m1/s1. The maximum absolute atomic E-state index is 11.9. The highest BCUT2D eigenvalue weighted by Crippen LogP contribution is 2.38. The van der Waals surface area contributed by atoms with Crippen molar-refractivity contribution in [2.45, 2.75) is 19.9 Å². The predicted molar refractivity (Wildman–Crippen MR) is 78.3 cm³/mol. The van der Waals surface area contributed by atoms with Gasteiger partial charge in [-0.3, -0.25) is 4.79 Å². The number of benzene rings is 2. The number of carbonyl (C=O) groups excluding carboxylic acids is 1. The number of ether oxygens (including phenoxy) is 1. The first-order chi connectivity index (χ1) is 9.39. The quantitative estimate of drug-likeness (QED) is 0.843. The summed E-state index contributed by atoms with van der Waals surface area (Å²) in [6, 6.07) is 10.3. The molecule has 0 aromatic heterocycles. The normalized spacial score (nSPS) is 13.2. The SMILES string of the molecule is COC(=O)C(C)(C)[C@H](N)c1ccc(O)c2ccccc12. The number of phenols is 1. The Morgan fingerprint density at radius 2 is 1.80 bits per heavy atom. The zero-order valence-electron chi connectivity index (χ0n) is 11.9. The van der Waals surface area contributed by atoms with Crippen LogP contribution in [0.4, 0.5) is 0 Å². The van der Waals surface area contributed by atoms with Crippen LogP contribution in [-0.4, -0.2) is 18.2 Å². The molecule has 0 saturated carbocycles. The Hall–Kier alpha value is -2.07. The minimum Gasteiger partial charge on any atom is -0.507 e. The number of esters is 1. The smallest absolute Gasteiger partial charge is 0.313 e. The summed E-state index contributed by atoms with van der Waals surface area (Å²) in [5, 5.41) is 11.5. The molecule has 0 amide bonds. The molecular formula is C16H19NO3. The van der Waals surface area contributed by atoms with Gasteiger partial charge in [0.05, 0.1) is 12.5 Å². The van der Waals surface area contributed by atoms with E-state index in [0.29, 0.717) is 0 Å². The minimum absolute atomic E-state index is 0.201. The number of hydrogen-bond acceptors (Lipinski definition) is 4. The molecule has 0 heterocycles. The van der Waals surface area contributed by atoms with Crippen LogP contribution < -0.4 is 5.73 Å². The van der Waals surface area contributed by atoms with E-state index in [1.54, 1.807) is 26.0 Å². The summed E-state index contributed by atoms with van der Waals surface area (Å²) in [6.07, 6.45) is 0. The van der Waals surface area contributed by atoms with Gasteiger partial charge in [-0.25, -0.2) is 0 Å². The molecule has 0 aliphatic rings. The van der Waals surface area contributed by atoms with E-state index in [9.17, 15) is 9.90 Å². The van der Waals surface area contributed by atoms with Gasteiger partial charge in [0, 0.05) is 11.4 Å². The largest absolute Gasteiger partial charge is 0.507 e. The van der Waals surface area contributed by atoms with Crippen molar-refractivity contribution in [3.05, 3.63) is 42.0 Å². The lowest BCUT2D eigenvalue weighted by molar-refractivity contribution is -0.152. The van der Waals surface area contributed by atoms with Gasteiger partial charge in [-0.2, -0.15) is 0 Å². The van der Waals surface area contributed by atoms with Gasteiger partial charge >= 0.3 is 5.97 Å². The van der Waals surface area contributed by atoms with Crippen LogP contribution in [0.1, 0.15) is 25.5 Å². The fourth-order valence-corrected chi connectivity index (χ4v) is 2.36. The van der Waals surface area contributed by atoms with Crippen LogP contribution in [0.3, 0.4) is 0 Å². The molecule has 0 aliphatic carbocycles. The topological polar surface area (TPSA) is 72.5 Å². The van der Waals surface area contributed by atoms with Gasteiger partial charge in [0.25, 0.3) is 0 Å². The van der Waals surface area contributed by atoms with E-state index in [-0.39, 0.29) is 11.7 Å². The Balaban J connectivity index is 2.59. The number of hydrogen-bond donors (Lipinski definition) is 2. The van der Waals surface area contributed by atoms with Gasteiger partial charge in [-0.15, -0.1) is 0 Å². The number of fused-ring (bicyclic) bond motifs is 1. The monoisotopic (exact) mass is 273 g/mol. The molecule has 4 heteroatoms. The van der Waals surface area contributed by atoms with Crippen LogP contribution in [-0.2, 0) is 9.53 Å². The molecule has 2 aromatic carbocycles. The van der Waals surface area contributed by atoms with Crippen molar-refractivity contribution in [3.63, 3.8) is 0 Å². The summed E-state index contributed by atoms with van der Waals surface area (Å²) in [7, 11) is 1.35. The van der Waals surface area contributed by atoms with E-state index in [4.69, 9.17) is 10.5 Å². The van der Waals surface area contributed by atoms with E-state index in [1.165, 1.54) is 7.11 Å². The van der Waals surface area contributed by atoms with Crippen molar-refractivity contribution in [2.75, 3.05) is 7.11 Å². The molecule has 2 rings (SSSR count). The third-order valence-corrected chi connectivity index (χ3v) is 3.76. The molecule has 1 atom stereocenters. The number of rotatable bonds is 3. The number of carbonyl (C=O) groups is 1. The van der Waals surface area contributed by atoms with Gasteiger partial charge in [-0.05, 0) is 30.9 Å². The highest BCUT2D eigenvalue weighted by atomic mass is 16.5. The van der Waals surface area contributed by atoms with Crippen molar-refractivity contribution < 1.29 is 14.6 Å². The summed E-state index contributed by atoms with van der Waals surface area (Å²) in [4.78, 5) is 11.9. The average molecular weight is 273 g/mol. The molecule has 0 radical (unpaired) electrons. The van der Waals surface area contributed by atoms with Crippen molar-refractivity contribution in [1.82, 2.24) is 0 Å². The maximum atomic E-state index is 11.9.